The van der Waals surface area contributed by atoms with Crippen molar-refractivity contribution in [2.75, 3.05) is 13.4 Å². The average Bonchev–Trinajstić information content (AvgIpc) is 2.35. The standard InChI is InChI=1S/C17H29NO2/c1-6-19-12-20-15-9-7-8-14(11-15)16(10-13(2)3)17(4,5)18/h7-9,11,13,16H,6,10,12,18H2,1-5H3. The summed E-state index contributed by atoms with van der Waals surface area (Å²) in [6.45, 7) is 11.5. The average molecular weight is 279 g/mol. The van der Waals surface area contributed by atoms with Gasteiger partial charge in [0.15, 0.2) is 6.79 Å². The van der Waals surface area contributed by atoms with Gasteiger partial charge in [-0.15, -0.1) is 0 Å². The quantitative estimate of drug-likeness (QED) is 0.579. The molecular weight excluding hydrogens is 250 g/mol. The van der Waals surface area contributed by atoms with Crippen molar-refractivity contribution >= 4 is 0 Å². The molecule has 0 aromatic heterocycles. The normalized spacial score (nSPS) is 13.6. The Bertz CT molecular complexity index is 396. The SMILES string of the molecule is CCOCOc1cccc(C(CC(C)C)C(C)(C)N)c1. The molecule has 0 bridgehead atoms. The summed E-state index contributed by atoms with van der Waals surface area (Å²) in [5, 5.41) is 0. The van der Waals surface area contributed by atoms with E-state index in [4.69, 9.17) is 15.2 Å². The third-order valence-electron chi connectivity index (χ3n) is 3.38. The van der Waals surface area contributed by atoms with Crippen LogP contribution in [0.5, 0.6) is 5.75 Å². The van der Waals surface area contributed by atoms with Crippen molar-refractivity contribution in [3.05, 3.63) is 29.8 Å². The summed E-state index contributed by atoms with van der Waals surface area (Å²) < 4.78 is 10.8. The van der Waals surface area contributed by atoms with Gasteiger partial charge in [-0.1, -0.05) is 26.0 Å². The first-order chi connectivity index (χ1) is 9.34. The smallest absolute Gasteiger partial charge is 0.189 e. The second-order valence-electron chi connectivity index (χ2n) is 6.33. The number of ether oxygens (including phenoxy) is 2. The van der Waals surface area contributed by atoms with Gasteiger partial charge in [-0.3, -0.25) is 0 Å². The Labute approximate surface area is 123 Å². The van der Waals surface area contributed by atoms with Crippen molar-refractivity contribution in [1.29, 1.82) is 0 Å². The van der Waals surface area contributed by atoms with Crippen molar-refractivity contribution in [1.82, 2.24) is 0 Å². The number of nitrogens with two attached hydrogens (primary N) is 1. The lowest BCUT2D eigenvalue weighted by molar-refractivity contribution is 0.0223. The van der Waals surface area contributed by atoms with Gasteiger partial charge in [-0.2, -0.15) is 0 Å². The Morgan fingerprint density at radius 3 is 2.50 bits per heavy atom. The fourth-order valence-corrected chi connectivity index (χ4v) is 2.35. The molecule has 0 radical (unpaired) electrons. The summed E-state index contributed by atoms with van der Waals surface area (Å²) in [5.74, 6) is 1.77. The summed E-state index contributed by atoms with van der Waals surface area (Å²) >= 11 is 0. The largest absolute Gasteiger partial charge is 0.468 e. The molecule has 20 heavy (non-hydrogen) atoms. The van der Waals surface area contributed by atoms with Crippen LogP contribution < -0.4 is 10.5 Å². The molecule has 0 heterocycles. The zero-order chi connectivity index (χ0) is 15.2. The van der Waals surface area contributed by atoms with E-state index in [1.165, 1.54) is 5.56 Å². The number of hydrogen-bond acceptors (Lipinski definition) is 3. The van der Waals surface area contributed by atoms with Crippen LogP contribution >= 0.6 is 0 Å². The van der Waals surface area contributed by atoms with Gasteiger partial charge in [-0.05, 0) is 50.8 Å². The molecule has 0 saturated heterocycles. The van der Waals surface area contributed by atoms with Crippen LogP contribution in [0.2, 0.25) is 0 Å². The van der Waals surface area contributed by atoms with E-state index in [2.05, 4.69) is 39.8 Å². The second kappa shape index (κ2) is 7.65. The van der Waals surface area contributed by atoms with Crippen molar-refractivity contribution in [3.8, 4) is 5.75 Å². The highest BCUT2D eigenvalue weighted by Gasteiger charge is 2.27. The van der Waals surface area contributed by atoms with Gasteiger partial charge < -0.3 is 15.2 Å². The van der Waals surface area contributed by atoms with E-state index in [0.29, 0.717) is 25.2 Å². The van der Waals surface area contributed by atoms with Crippen LogP contribution in [0, 0.1) is 5.92 Å². The zero-order valence-corrected chi connectivity index (χ0v) is 13.5. The molecule has 0 aliphatic rings. The van der Waals surface area contributed by atoms with Gasteiger partial charge in [0.1, 0.15) is 5.75 Å². The molecule has 0 aliphatic heterocycles. The van der Waals surface area contributed by atoms with E-state index < -0.39 is 0 Å². The maximum Gasteiger partial charge on any atom is 0.189 e. The summed E-state index contributed by atoms with van der Waals surface area (Å²) in [6, 6.07) is 8.20. The topological polar surface area (TPSA) is 44.5 Å². The Morgan fingerprint density at radius 1 is 1.25 bits per heavy atom. The summed E-state index contributed by atoms with van der Waals surface area (Å²) in [7, 11) is 0. The molecule has 0 fully saturated rings. The molecular formula is C17H29NO2. The van der Waals surface area contributed by atoms with Crippen LogP contribution in [0.15, 0.2) is 24.3 Å². The first kappa shape index (κ1) is 17.0. The van der Waals surface area contributed by atoms with Crippen molar-refractivity contribution < 1.29 is 9.47 Å². The van der Waals surface area contributed by atoms with Crippen LogP contribution in [-0.2, 0) is 4.74 Å². The molecule has 1 aromatic carbocycles. The Balaban J connectivity index is 2.88. The van der Waals surface area contributed by atoms with Gasteiger partial charge in [0.2, 0.25) is 0 Å². The minimum atomic E-state index is -0.247. The minimum absolute atomic E-state index is 0.247. The first-order valence-corrected chi connectivity index (χ1v) is 7.44. The van der Waals surface area contributed by atoms with Crippen LogP contribution in [0.3, 0.4) is 0 Å². The monoisotopic (exact) mass is 279 g/mol. The third kappa shape index (κ3) is 5.51. The lowest BCUT2D eigenvalue weighted by Gasteiger charge is -2.32. The molecule has 0 spiro atoms. The molecule has 0 saturated carbocycles. The fraction of sp³-hybridized carbons (Fsp3) is 0.647. The van der Waals surface area contributed by atoms with Crippen molar-refractivity contribution in [2.24, 2.45) is 11.7 Å². The lowest BCUT2D eigenvalue weighted by atomic mass is 9.77. The van der Waals surface area contributed by atoms with Gasteiger partial charge in [0, 0.05) is 18.1 Å². The molecule has 1 rings (SSSR count). The van der Waals surface area contributed by atoms with E-state index >= 15 is 0 Å². The van der Waals surface area contributed by atoms with Gasteiger partial charge in [-0.25, -0.2) is 0 Å². The Kier molecular flexibility index (Phi) is 6.50. The van der Waals surface area contributed by atoms with E-state index in [1.807, 2.05) is 19.1 Å². The predicted octanol–water partition coefficient (Wildman–Crippen LogP) is 3.93. The van der Waals surface area contributed by atoms with E-state index in [0.717, 1.165) is 12.2 Å². The lowest BCUT2D eigenvalue weighted by Crippen LogP contribution is -2.39. The van der Waals surface area contributed by atoms with Gasteiger partial charge in [0.25, 0.3) is 0 Å². The van der Waals surface area contributed by atoms with Crippen molar-refractivity contribution in [3.63, 3.8) is 0 Å². The Morgan fingerprint density at radius 2 is 1.95 bits per heavy atom. The molecule has 1 atom stereocenters. The predicted molar refractivity (Wildman–Crippen MR) is 84.0 cm³/mol. The van der Waals surface area contributed by atoms with E-state index in [1.54, 1.807) is 0 Å². The van der Waals surface area contributed by atoms with Crippen LogP contribution in [0.25, 0.3) is 0 Å². The van der Waals surface area contributed by atoms with Gasteiger partial charge >= 0.3 is 0 Å². The summed E-state index contributed by atoms with van der Waals surface area (Å²) in [6.07, 6.45) is 1.07. The molecule has 114 valence electrons. The molecule has 2 N–H and O–H groups in total. The first-order valence-electron chi connectivity index (χ1n) is 7.44. The number of hydrogen-bond donors (Lipinski definition) is 1. The van der Waals surface area contributed by atoms with Gasteiger partial charge in [0.05, 0.1) is 0 Å². The maximum absolute atomic E-state index is 6.37. The molecule has 3 heteroatoms. The van der Waals surface area contributed by atoms with E-state index in [-0.39, 0.29) is 5.54 Å². The maximum atomic E-state index is 6.37. The highest BCUT2D eigenvalue weighted by atomic mass is 16.7. The molecule has 3 nitrogen and oxygen atoms in total. The second-order valence-corrected chi connectivity index (χ2v) is 6.33. The molecule has 0 aliphatic carbocycles. The third-order valence-corrected chi connectivity index (χ3v) is 3.38. The highest BCUT2D eigenvalue weighted by Crippen LogP contribution is 2.33. The zero-order valence-electron chi connectivity index (χ0n) is 13.5. The van der Waals surface area contributed by atoms with Crippen molar-refractivity contribution in [2.45, 2.75) is 52.5 Å². The van der Waals surface area contributed by atoms with E-state index in [9.17, 15) is 0 Å². The summed E-state index contributed by atoms with van der Waals surface area (Å²) in [5.41, 5.74) is 7.36. The number of rotatable bonds is 8. The van der Waals surface area contributed by atoms with Crippen LogP contribution in [0.4, 0.5) is 0 Å². The highest BCUT2D eigenvalue weighted by molar-refractivity contribution is 5.32. The Hall–Kier alpha value is -1.06. The fourth-order valence-electron chi connectivity index (χ4n) is 2.35. The molecule has 1 aromatic rings. The van der Waals surface area contributed by atoms with Crippen LogP contribution in [-0.4, -0.2) is 18.9 Å². The van der Waals surface area contributed by atoms with Crippen LogP contribution in [0.1, 0.15) is 52.5 Å². The molecule has 1 unspecified atom stereocenters. The minimum Gasteiger partial charge on any atom is -0.468 e. The number of benzene rings is 1. The summed E-state index contributed by atoms with van der Waals surface area (Å²) in [4.78, 5) is 0. The molecule has 0 amide bonds.